The number of nitrogen functional groups attached to an aromatic ring is 1. The maximum atomic E-state index is 14.5. The minimum atomic E-state index is -1.02. The average molecular weight is 321 g/mol. The van der Waals surface area contributed by atoms with E-state index in [1.54, 1.807) is 13.0 Å². The van der Waals surface area contributed by atoms with E-state index < -0.39 is 23.4 Å². The van der Waals surface area contributed by atoms with Gasteiger partial charge in [0.15, 0.2) is 23.1 Å². The number of nitriles is 1. The van der Waals surface area contributed by atoms with E-state index in [-0.39, 0.29) is 29.2 Å². The number of hydrogen-bond donors (Lipinski definition) is 1. The molecule has 0 aliphatic carbocycles. The van der Waals surface area contributed by atoms with Crippen LogP contribution in [0.15, 0.2) is 18.3 Å². The van der Waals surface area contributed by atoms with E-state index in [9.17, 15) is 13.6 Å². The van der Waals surface area contributed by atoms with Crippen LogP contribution in [0.1, 0.15) is 23.0 Å². The Hall–Kier alpha value is -3.08. The van der Waals surface area contributed by atoms with Crippen LogP contribution in [0, 0.1) is 23.0 Å². The minimum absolute atomic E-state index is 0.0351. The van der Waals surface area contributed by atoms with Gasteiger partial charge in [-0.15, -0.1) is 0 Å². The van der Waals surface area contributed by atoms with Gasteiger partial charge in [-0.25, -0.2) is 13.6 Å². The summed E-state index contributed by atoms with van der Waals surface area (Å²) in [7, 11) is 1.12. The lowest BCUT2D eigenvalue weighted by Crippen LogP contribution is -2.12. The number of anilines is 1. The third-order valence-corrected chi connectivity index (χ3v) is 3.12. The highest BCUT2D eigenvalue weighted by Crippen LogP contribution is 2.31. The largest absolute Gasteiger partial charge is 0.488 e. The summed E-state index contributed by atoms with van der Waals surface area (Å²) in [5.74, 6) is -3.33. The van der Waals surface area contributed by atoms with Crippen molar-refractivity contribution in [3.05, 3.63) is 41.2 Å². The van der Waals surface area contributed by atoms with Crippen LogP contribution in [0.2, 0.25) is 0 Å². The van der Waals surface area contributed by atoms with Crippen molar-refractivity contribution < 1.29 is 23.0 Å². The molecule has 1 aromatic carbocycles. The Bertz CT molecular complexity index is 809. The monoisotopic (exact) mass is 321 g/mol. The van der Waals surface area contributed by atoms with Gasteiger partial charge in [0.2, 0.25) is 0 Å². The van der Waals surface area contributed by atoms with E-state index in [4.69, 9.17) is 15.7 Å². The summed E-state index contributed by atoms with van der Waals surface area (Å²) in [5, 5.41) is 9.04. The predicted molar refractivity (Wildman–Crippen MR) is 77.3 cm³/mol. The molecule has 0 amide bonds. The van der Waals surface area contributed by atoms with Crippen LogP contribution in [-0.2, 0) is 4.74 Å². The summed E-state index contributed by atoms with van der Waals surface area (Å²) in [6.45, 7) is 1.63. The Morgan fingerprint density at radius 1 is 1.43 bits per heavy atom. The number of nitrogens with two attached hydrogens (primary N) is 1. The van der Waals surface area contributed by atoms with Gasteiger partial charge in [-0.1, -0.05) is 0 Å². The number of rotatable bonds is 4. The number of carbonyl (C=O) groups excluding carboxylic acids is 1. The molecule has 0 bridgehead atoms. The van der Waals surface area contributed by atoms with E-state index in [2.05, 4.69) is 4.74 Å². The van der Waals surface area contributed by atoms with Crippen LogP contribution in [0.25, 0.3) is 5.69 Å². The summed E-state index contributed by atoms with van der Waals surface area (Å²) >= 11 is 0. The van der Waals surface area contributed by atoms with E-state index in [0.29, 0.717) is 0 Å². The Balaban J connectivity index is 2.75. The number of carbonyl (C=O) groups is 1. The molecule has 0 fully saturated rings. The van der Waals surface area contributed by atoms with E-state index in [1.807, 2.05) is 0 Å². The molecule has 0 radical (unpaired) electrons. The Morgan fingerprint density at radius 3 is 2.70 bits per heavy atom. The first-order valence-electron chi connectivity index (χ1n) is 6.56. The van der Waals surface area contributed by atoms with Crippen LogP contribution >= 0.6 is 0 Å². The molecule has 6 nitrogen and oxygen atoms in total. The predicted octanol–water partition coefficient (Wildman–Crippen LogP) is 2.39. The number of esters is 1. The fourth-order valence-corrected chi connectivity index (χ4v) is 2.09. The quantitative estimate of drug-likeness (QED) is 0.873. The zero-order valence-electron chi connectivity index (χ0n) is 12.4. The van der Waals surface area contributed by atoms with E-state index >= 15 is 0 Å². The molecule has 2 N–H and O–H groups in total. The molecule has 0 spiro atoms. The molecule has 0 atom stereocenters. The molecule has 2 aromatic rings. The number of benzene rings is 1. The lowest BCUT2D eigenvalue weighted by Gasteiger charge is -2.13. The smallest absolute Gasteiger partial charge is 0.357 e. The van der Waals surface area contributed by atoms with Gasteiger partial charge in [-0.3, -0.25) is 0 Å². The fraction of sp³-hybridized carbons (Fsp3) is 0.200. The zero-order chi connectivity index (χ0) is 17.1. The summed E-state index contributed by atoms with van der Waals surface area (Å²) in [6.07, 6.45) is 1.17. The number of aromatic nitrogens is 1. The summed E-state index contributed by atoms with van der Waals surface area (Å²) in [5.41, 5.74) is 5.13. The van der Waals surface area contributed by atoms with Gasteiger partial charge in [-0.2, -0.15) is 5.26 Å². The fourth-order valence-electron chi connectivity index (χ4n) is 2.09. The molecule has 0 aliphatic heterocycles. The Morgan fingerprint density at radius 2 is 2.13 bits per heavy atom. The van der Waals surface area contributed by atoms with Crippen LogP contribution < -0.4 is 10.5 Å². The normalized spacial score (nSPS) is 10.2. The van der Waals surface area contributed by atoms with Gasteiger partial charge >= 0.3 is 5.97 Å². The molecule has 23 heavy (non-hydrogen) atoms. The highest BCUT2D eigenvalue weighted by Gasteiger charge is 2.25. The second kappa shape index (κ2) is 6.36. The first-order valence-corrected chi connectivity index (χ1v) is 6.56. The average Bonchev–Trinajstić information content (AvgIpc) is 2.87. The maximum Gasteiger partial charge on any atom is 0.357 e. The van der Waals surface area contributed by atoms with Crippen molar-refractivity contribution in [2.24, 2.45) is 0 Å². The van der Waals surface area contributed by atoms with Gasteiger partial charge in [0.1, 0.15) is 6.07 Å². The Kier molecular flexibility index (Phi) is 4.50. The molecule has 0 unspecified atom stereocenters. The second-order valence-electron chi connectivity index (χ2n) is 4.42. The first-order chi connectivity index (χ1) is 11.0. The molecule has 8 heteroatoms. The highest BCUT2D eigenvalue weighted by atomic mass is 19.1. The highest BCUT2D eigenvalue weighted by molar-refractivity contribution is 5.96. The number of halogens is 2. The molecule has 1 heterocycles. The van der Waals surface area contributed by atoms with Crippen LogP contribution in [0.5, 0.6) is 5.75 Å². The number of hydrogen-bond acceptors (Lipinski definition) is 5. The van der Waals surface area contributed by atoms with Gasteiger partial charge in [0, 0.05) is 6.20 Å². The molecule has 0 aliphatic rings. The SMILES string of the molecule is CCOc1c(F)ccc(-n2cc(C#N)c(N)c2C(=O)OC)c1F. The van der Waals surface area contributed by atoms with Crippen molar-refractivity contribution in [2.45, 2.75) is 6.92 Å². The molecular formula is C15H13F2N3O3. The van der Waals surface area contributed by atoms with Gasteiger partial charge in [0.25, 0.3) is 0 Å². The van der Waals surface area contributed by atoms with Crippen molar-refractivity contribution in [1.29, 1.82) is 5.26 Å². The second-order valence-corrected chi connectivity index (χ2v) is 4.42. The standard InChI is InChI=1S/C15H13F2N3O3/c1-3-23-14-9(16)4-5-10(11(14)17)20-7-8(6-18)12(19)13(20)15(21)22-2/h4-5,7H,3,19H2,1-2H3. The topological polar surface area (TPSA) is 90.3 Å². The zero-order valence-corrected chi connectivity index (χ0v) is 12.4. The van der Waals surface area contributed by atoms with Crippen LogP contribution in [0.4, 0.5) is 14.5 Å². The summed E-state index contributed by atoms with van der Waals surface area (Å²) < 4.78 is 38.8. The molecule has 2 rings (SSSR count). The third kappa shape index (κ3) is 2.68. The van der Waals surface area contributed by atoms with Gasteiger partial charge in [0.05, 0.1) is 30.7 Å². The van der Waals surface area contributed by atoms with Gasteiger partial charge in [-0.05, 0) is 19.1 Å². The number of nitrogens with zero attached hydrogens (tertiary/aromatic N) is 2. The third-order valence-electron chi connectivity index (χ3n) is 3.12. The van der Waals surface area contributed by atoms with Crippen molar-refractivity contribution >= 4 is 11.7 Å². The summed E-state index contributed by atoms with van der Waals surface area (Å²) in [6, 6.07) is 3.90. The molecular weight excluding hydrogens is 308 g/mol. The molecule has 1 aromatic heterocycles. The van der Waals surface area contributed by atoms with Crippen molar-refractivity contribution in [1.82, 2.24) is 4.57 Å². The van der Waals surface area contributed by atoms with E-state index in [0.717, 1.165) is 23.8 Å². The first kappa shape index (κ1) is 16.3. The van der Waals surface area contributed by atoms with Crippen LogP contribution in [0.3, 0.4) is 0 Å². The lowest BCUT2D eigenvalue weighted by molar-refractivity contribution is 0.0593. The molecule has 0 saturated carbocycles. The van der Waals surface area contributed by atoms with Crippen LogP contribution in [-0.4, -0.2) is 24.3 Å². The lowest BCUT2D eigenvalue weighted by atomic mass is 10.2. The number of methoxy groups -OCH3 is 1. The van der Waals surface area contributed by atoms with E-state index in [1.165, 1.54) is 6.20 Å². The van der Waals surface area contributed by atoms with Crippen molar-refractivity contribution in [2.75, 3.05) is 19.5 Å². The molecule has 0 saturated heterocycles. The maximum absolute atomic E-state index is 14.5. The number of ether oxygens (including phenoxy) is 2. The van der Waals surface area contributed by atoms with Crippen molar-refractivity contribution in [3.8, 4) is 17.5 Å². The van der Waals surface area contributed by atoms with Gasteiger partial charge < -0.3 is 19.8 Å². The molecule has 120 valence electrons. The van der Waals surface area contributed by atoms with Crippen molar-refractivity contribution in [3.63, 3.8) is 0 Å². The Labute approximate surface area is 130 Å². The summed E-state index contributed by atoms with van der Waals surface area (Å²) in [4.78, 5) is 11.9. The minimum Gasteiger partial charge on any atom is -0.488 e.